The molecule has 2 N–H and O–H groups in total. The number of hydrogen-bond acceptors (Lipinski definition) is 3. The van der Waals surface area contributed by atoms with Gasteiger partial charge in [-0.2, -0.15) is 0 Å². The highest BCUT2D eigenvalue weighted by Crippen LogP contribution is 2.40. The van der Waals surface area contributed by atoms with Gasteiger partial charge in [-0.25, -0.2) is 0 Å². The minimum absolute atomic E-state index is 0.0821. The normalized spacial score (nSPS) is 18.3. The molecule has 0 aliphatic heterocycles. The highest BCUT2D eigenvalue weighted by atomic mass is 16.3. The quantitative estimate of drug-likeness (QED) is 0.842. The predicted octanol–water partition coefficient (Wildman–Crippen LogP) is 3.13. The Morgan fingerprint density at radius 3 is 2.67 bits per heavy atom. The van der Waals surface area contributed by atoms with Gasteiger partial charge in [0.15, 0.2) is 5.76 Å². The summed E-state index contributed by atoms with van der Waals surface area (Å²) in [6.45, 7) is 0.420. The monoisotopic (exact) mass is 243 g/mol. The van der Waals surface area contributed by atoms with E-state index in [-0.39, 0.29) is 11.2 Å². The third kappa shape index (κ3) is 1.66. The molecule has 0 radical (unpaired) electrons. The zero-order valence-electron chi connectivity index (χ0n) is 10.3. The van der Waals surface area contributed by atoms with Crippen molar-refractivity contribution in [1.29, 1.82) is 0 Å². The molecule has 94 valence electrons. The number of hydrogen-bond donors (Lipinski definition) is 1. The van der Waals surface area contributed by atoms with Gasteiger partial charge in [0.1, 0.15) is 5.58 Å². The van der Waals surface area contributed by atoms with Gasteiger partial charge >= 0.3 is 0 Å². The van der Waals surface area contributed by atoms with E-state index in [1.165, 1.54) is 0 Å². The zero-order chi connectivity index (χ0) is 12.6. The van der Waals surface area contributed by atoms with Gasteiger partial charge in [0, 0.05) is 17.3 Å². The van der Waals surface area contributed by atoms with Crippen molar-refractivity contribution in [2.24, 2.45) is 11.1 Å². The molecule has 0 saturated heterocycles. The third-order valence-electron chi connectivity index (χ3n) is 4.08. The number of furan rings is 1. The van der Waals surface area contributed by atoms with Gasteiger partial charge in [0.05, 0.1) is 0 Å². The molecule has 1 aromatic heterocycles. The molecule has 1 aromatic carbocycles. The van der Waals surface area contributed by atoms with Crippen LogP contribution >= 0.6 is 0 Å². The molecule has 18 heavy (non-hydrogen) atoms. The fourth-order valence-corrected chi connectivity index (χ4v) is 2.93. The lowest BCUT2D eigenvalue weighted by atomic mass is 9.80. The van der Waals surface area contributed by atoms with Crippen molar-refractivity contribution >= 4 is 16.8 Å². The van der Waals surface area contributed by atoms with E-state index in [1.807, 2.05) is 30.3 Å². The van der Waals surface area contributed by atoms with Crippen molar-refractivity contribution < 1.29 is 9.21 Å². The van der Waals surface area contributed by atoms with Crippen LogP contribution in [0.1, 0.15) is 36.2 Å². The average Bonchev–Trinajstić information content (AvgIpc) is 3.05. The number of benzene rings is 1. The van der Waals surface area contributed by atoms with E-state index in [2.05, 4.69) is 0 Å². The summed E-state index contributed by atoms with van der Waals surface area (Å²) < 4.78 is 5.66. The van der Waals surface area contributed by atoms with Crippen LogP contribution in [0.2, 0.25) is 0 Å². The summed E-state index contributed by atoms with van der Waals surface area (Å²) in [6.07, 6.45) is 3.95. The van der Waals surface area contributed by atoms with Gasteiger partial charge in [0.2, 0.25) is 5.78 Å². The Labute approximate surface area is 106 Å². The molecule has 0 atom stereocenters. The van der Waals surface area contributed by atoms with Crippen molar-refractivity contribution in [2.75, 3.05) is 6.54 Å². The summed E-state index contributed by atoms with van der Waals surface area (Å²) >= 11 is 0. The molecule has 2 aromatic rings. The Balaban J connectivity index is 2.00. The fourth-order valence-electron chi connectivity index (χ4n) is 2.93. The van der Waals surface area contributed by atoms with Gasteiger partial charge in [-0.15, -0.1) is 0 Å². The summed E-state index contributed by atoms with van der Waals surface area (Å²) in [5.41, 5.74) is 6.23. The zero-order valence-corrected chi connectivity index (χ0v) is 10.3. The van der Waals surface area contributed by atoms with Crippen molar-refractivity contribution in [3.63, 3.8) is 0 Å². The number of para-hydroxylation sites is 1. The summed E-state index contributed by atoms with van der Waals surface area (Å²) in [5.74, 6) is 0.544. The van der Waals surface area contributed by atoms with Crippen LogP contribution in [0.3, 0.4) is 0 Å². The first-order valence-electron chi connectivity index (χ1n) is 6.49. The SMILES string of the molecule is NCC1(C(=O)c2cc3ccccc3o2)CCCC1. The van der Waals surface area contributed by atoms with Crippen LogP contribution in [0.5, 0.6) is 0 Å². The van der Waals surface area contributed by atoms with Gasteiger partial charge < -0.3 is 10.2 Å². The molecule has 0 spiro atoms. The topological polar surface area (TPSA) is 56.2 Å². The molecule has 1 heterocycles. The molecule has 0 unspecified atom stereocenters. The standard InChI is InChI=1S/C15H17NO2/c16-10-15(7-3-4-8-15)14(17)13-9-11-5-1-2-6-12(11)18-13/h1-2,5-6,9H,3-4,7-8,10,16H2. The summed E-state index contributed by atoms with van der Waals surface area (Å²) in [6, 6.07) is 9.54. The highest BCUT2D eigenvalue weighted by Gasteiger charge is 2.41. The van der Waals surface area contributed by atoms with E-state index in [1.54, 1.807) is 0 Å². The maximum atomic E-state index is 12.6. The van der Waals surface area contributed by atoms with Crippen molar-refractivity contribution in [3.8, 4) is 0 Å². The Morgan fingerprint density at radius 2 is 2.00 bits per heavy atom. The molecular weight excluding hydrogens is 226 g/mol. The second-order valence-corrected chi connectivity index (χ2v) is 5.17. The van der Waals surface area contributed by atoms with Gasteiger partial charge in [-0.1, -0.05) is 31.0 Å². The predicted molar refractivity (Wildman–Crippen MR) is 70.5 cm³/mol. The number of Topliss-reactive ketones (excluding diaryl/α,β-unsaturated/α-hetero) is 1. The number of fused-ring (bicyclic) bond motifs is 1. The maximum Gasteiger partial charge on any atom is 0.205 e. The first-order valence-corrected chi connectivity index (χ1v) is 6.49. The third-order valence-corrected chi connectivity index (χ3v) is 4.08. The second-order valence-electron chi connectivity index (χ2n) is 5.17. The lowest BCUT2D eigenvalue weighted by Gasteiger charge is -2.23. The van der Waals surface area contributed by atoms with Crippen LogP contribution in [0.25, 0.3) is 11.0 Å². The highest BCUT2D eigenvalue weighted by molar-refractivity contribution is 6.01. The molecule has 3 heteroatoms. The molecule has 1 aliphatic carbocycles. The van der Waals surface area contributed by atoms with E-state index in [0.29, 0.717) is 12.3 Å². The van der Waals surface area contributed by atoms with E-state index in [0.717, 1.165) is 36.7 Å². The van der Waals surface area contributed by atoms with Crippen LogP contribution < -0.4 is 5.73 Å². The van der Waals surface area contributed by atoms with Crippen LogP contribution in [-0.4, -0.2) is 12.3 Å². The van der Waals surface area contributed by atoms with Crippen molar-refractivity contribution in [2.45, 2.75) is 25.7 Å². The Morgan fingerprint density at radius 1 is 1.28 bits per heavy atom. The Hall–Kier alpha value is -1.61. The van der Waals surface area contributed by atoms with Crippen LogP contribution in [0, 0.1) is 5.41 Å². The first-order chi connectivity index (χ1) is 8.75. The molecule has 3 nitrogen and oxygen atoms in total. The lowest BCUT2D eigenvalue weighted by molar-refractivity contribution is 0.0781. The van der Waals surface area contributed by atoms with Crippen LogP contribution in [-0.2, 0) is 0 Å². The summed E-state index contributed by atoms with van der Waals surface area (Å²) in [4.78, 5) is 12.6. The molecule has 3 rings (SSSR count). The molecule has 1 fully saturated rings. The summed E-state index contributed by atoms with van der Waals surface area (Å²) in [5, 5.41) is 0.978. The van der Waals surface area contributed by atoms with Crippen LogP contribution in [0.15, 0.2) is 34.7 Å². The van der Waals surface area contributed by atoms with Crippen molar-refractivity contribution in [3.05, 3.63) is 36.1 Å². The number of carbonyl (C=O) groups excluding carboxylic acids is 1. The number of rotatable bonds is 3. The average molecular weight is 243 g/mol. The van der Waals surface area contributed by atoms with E-state index >= 15 is 0 Å². The van der Waals surface area contributed by atoms with E-state index < -0.39 is 0 Å². The van der Waals surface area contributed by atoms with E-state index in [4.69, 9.17) is 10.2 Å². The summed E-state index contributed by atoms with van der Waals surface area (Å²) in [7, 11) is 0. The fraction of sp³-hybridized carbons (Fsp3) is 0.400. The van der Waals surface area contributed by atoms with Crippen molar-refractivity contribution in [1.82, 2.24) is 0 Å². The molecule has 1 aliphatic rings. The number of nitrogens with two attached hydrogens (primary N) is 1. The van der Waals surface area contributed by atoms with Gasteiger partial charge in [-0.3, -0.25) is 4.79 Å². The minimum Gasteiger partial charge on any atom is -0.453 e. The second kappa shape index (κ2) is 4.25. The first kappa shape index (κ1) is 11.5. The van der Waals surface area contributed by atoms with Crippen LogP contribution in [0.4, 0.5) is 0 Å². The molecule has 1 saturated carbocycles. The van der Waals surface area contributed by atoms with Gasteiger partial charge in [-0.05, 0) is 25.0 Å². The van der Waals surface area contributed by atoms with Gasteiger partial charge in [0.25, 0.3) is 0 Å². The molecule has 0 bridgehead atoms. The Bertz CT molecular complexity index is 546. The number of ketones is 1. The smallest absolute Gasteiger partial charge is 0.205 e. The largest absolute Gasteiger partial charge is 0.453 e. The Kier molecular flexibility index (Phi) is 2.71. The maximum absolute atomic E-state index is 12.6. The molecule has 0 amide bonds. The van der Waals surface area contributed by atoms with E-state index in [9.17, 15) is 4.79 Å². The lowest BCUT2D eigenvalue weighted by Crippen LogP contribution is -2.35. The molecular formula is C15H17NO2. The number of carbonyl (C=O) groups is 1. The minimum atomic E-state index is -0.381.